The molecule has 0 radical (unpaired) electrons. The van der Waals surface area contributed by atoms with Gasteiger partial charge in [0.2, 0.25) is 15.9 Å². The molecule has 0 aromatic heterocycles. The van der Waals surface area contributed by atoms with Gasteiger partial charge in [-0.1, -0.05) is 30.3 Å². The Morgan fingerprint density at radius 1 is 1.12 bits per heavy atom. The molecule has 7 heteroatoms. The van der Waals surface area contributed by atoms with Crippen molar-refractivity contribution in [3.05, 3.63) is 65.6 Å². The normalized spacial score (nSPS) is 11.8. The van der Waals surface area contributed by atoms with Crippen LogP contribution in [0.15, 0.2) is 64.9 Å². The second-order valence-electron chi connectivity index (χ2n) is 5.29. The third kappa shape index (κ3) is 6.04. The van der Waals surface area contributed by atoms with E-state index in [4.69, 9.17) is 0 Å². The smallest absolute Gasteiger partial charge is 0.239 e. The number of thioether (sulfide) groups is 1. The van der Waals surface area contributed by atoms with Crippen molar-refractivity contribution in [2.24, 2.45) is 0 Å². The maximum atomic E-state index is 12.2. The fraction of sp³-hybridized carbons (Fsp3) is 0.167. The first-order chi connectivity index (χ1) is 11.9. The van der Waals surface area contributed by atoms with E-state index in [0.717, 1.165) is 20.2 Å². The zero-order valence-electron chi connectivity index (χ0n) is 14.0. The molecular weight excluding hydrogens is 356 g/mol. The van der Waals surface area contributed by atoms with Gasteiger partial charge in [-0.15, -0.1) is 11.8 Å². The van der Waals surface area contributed by atoms with E-state index >= 15 is 0 Å². The average Bonchev–Trinajstić information content (AvgIpc) is 2.61. The molecule has 0 saturated heterocycles. The average molecular weight is 377 g/mol. The van der Waals surface area contributed by atoms with Crippen LogP contribution >= 0.6 is 11.8 Å². The predicted molar refractivity (Wildman–Crippen MR) is 104 cm³/mol. The summed E-state index contributed by atoms with van der Waals surface area (Å²) in [5, 5.41) is 3.79. The highest BCUT2D eigenvalue weighted by Crippen LogP contribution is 2.17. The Morgan fingerprint density at radius 2 is 1.76 bits per heavy atom. The van der Waals surface area contributed by atoms with E-state index in [-0.39, 0.29) is 6.54 Å². The van der Waals surface area contributed by atoms with E-state index in [9.17, 15) is 13.2 Å². The van der Waals surface area contributed by atoms with Gasteiger partial charge in [0.25, 0.3) is 0 Å². The monoisotopic (exact) mass is 376 g/mol. The molecule has 0 bridgehead atoms. The number of nitrogens with zero attached hydrogens (tertiary/aromatic N) is 1. The Hall–Kier alpha value is -2.09. The highest BCUT2D eigenvalue weighted by atomic mass is 32.2. The second kappa shape index (κ2) is 8.84. The van der Waals surface area contributed by atoms with Crippen molar-refractivity contribution in [1.82, 2.24) is 4.31 Å². The summed E-state index contributed by atoms with van der Waals surface area (Å²) in [6.07, 6.45) is 3.47. The van der Waals surface area contributed by atoms with Gasteiger partial charge in [0.05, 0.1) is 6.54 Å². The molecule has 2 aromatic carbocycles. The summed E-state index contributed by atoms with van der Waals surface area (Å²) in [4.78, 5) is 13.1. The second-order valence-corrected chi connectivity index (χ2v) is 8.10. The molecule has 0 atom stereocenters. The van der Waals surface area contributed by atoms with Gasteiger partial charge >= 0.3 is 0 Å². The minimum absolute atomic E-state index is 0.258. The van der Waals surface area contributed by atoms with Crippen LogP contribution in [0.3, 0.4) is 0 Å². The number of sulfonamides is 1. The van der Waals surface area contributed by atoms with Gasteiger partial charge in [0.1, 0.15) is 0 Å². The Bertz CT molecular complexity index is 832. The van der Waals surface area contributed by atoms with Crippen LogP contribution in [0, 0.1) is 0 Å². The Labute approximate surface area is 152 Å². The maximum absolute atomic E-state index is 12.2. The number of carbonyl (C=O) groups is 1. The zero-order valence-corrected chi connectivity index (χ0v) is 15.7. The largest absolute Gasteiger partial charge is 0.325 e. The van der Waals surface area contributed by atoms with E-state index in [2.05, 4.69) is 5.32 Å². The molecule has 1 amide bonds. The number of carbonyl (C=O) groups excluding carboxylic acids is 1. The summed E-state index contributed by atoms with van der Waals surface area (Å²) < 4.78 is 25.5. The Kier molecular flexibility index (Phi) is 6.81. The molecule has 0 saturated carbocycles. The van der Waals surface area contributed by atoms with Gasteiger partial charge in [-0.05, 0) is 42.2 Å². The van der Waals surface area contributed by atoms with Gasteiger partial charge < -0.3 is 5.32 Å². The fourth-order valence-electron chi connectivity index (χ4n) is 2.00. The molecule has 1 N–H and O–H groups in total. The molecule has 0 aliphatic rings. The van der Waals surface area contributed by atoms with E-state index < -0.39 is 15.9 Å². The summed E-state index contributed by atoms with van der Waals surface area (Å²) >= 11 is 1.61. The molecular formula is C18H20N2O3S2. The predicted octanol–water partition coefficient (Wildman–Crippen LogP) is 3.28. The van der Waals surface area contributed by atoms with Gasteiger partial charge in [-0.2, -0.15) is 4.31 Å². The maximum Gasteiger partial charge on any atom is 0.239 e. The molecule has 0 aliphatic carbocycles. The van der Waals surface area contributed by atoms with Gasteiger partial charge in [-0.3, -0.25) is 4.79 Å². The van der Waals surface area contributed by atoms with Crippen molar-refractivity contribution >= 4 is 39.5 Å². The van der Waals surface area contributed by atoms with Crippen LogP contribution in [0.5, 0.6) is 0 Å². The lowest BCUT2D eigenvalue weighted by molar-refractivity contribution is -0.116. The van der Waals surface area contributed by atoms with Crippen molar-refractivity contribution in [3.8, 4) is 0 Å². The van der Waals surface area contributed by atoms with Crippen LogP contribution < -0.4 is 5.32 Å². The van der Waals surface area contributed by atoms with Gasteiger partial charge in [-0.25, -0.2) is 8.42 Å². The van der Waals surface area contributed by atoms with Crippen LogP contribution in [0.2, 0.25) is 0 Å². The van der Waals surface area contributed by atoms with Crippen molar-refractivity contribution in [2.45, 2.75) is 4.90 Å². The van der Waals surface area contributed by atoms with Crippen molar-refractivity contribution in [1.29, 1.82) is 0 Å². The highest BCUT2D eigenvalue weighted by molar-refractivity contribution is 7.98. The summed E-state index contributed by atoms with van der Waals surface area (Å²) in [7, 11) is -2.29. The number of rotatable bonds is 7. The molecule has 132 valence electrons. The lowest BCUT2D eigenvalue weighted by Gasteiger charge is -2.14. The summed E-state index contributed by atoms with van der Waals surface area (Å²) in [5.41, 5.74) is 1.41. The third-order valence-electron chi connectivity index (χ3n) is 3.41. The van der Waals surface area contributed by atoms with Crippen LogP contribution in [-0.4, -0.2) is 38.5 Å². The summed E-state index contributed by atoms with van der Waals surface area (Å²) in [6, 6.07) is 16.5. The number of amides is 1. The molecule has 0 spiro atoms. The first-order valence-electron chi connectivity index (χ1n) is 7.54. The number of likely N-dealkylation sites (N-methyl/N-ethyl adjacent to an activating group) is 1. The lowest BCUT2D eigenvalue weighted by atomic mass is 10.2. The van der Waals surface area contributed by atoms with Crippen molar-refractivity contribution < 1.29 is 13.2 Å². The molecule has 0 aliphatic heterocycles. The topological polar surface area (TPSA) is 66.5 Å². The first-order valence-corrected chi connectivity index (χ1v) is 10.3. The van der Waals surface area contributed by atoms with Crippen molar-refractivity contribution in [2.75, 3.05) is 25.2 Å². The molecule has 25 heavy (non-hydrogen) atoms. The Morgan fingerprint density at radius 3 is 2.36 bits per heavy atom. The third-order valence-corrected chi connectivity index (χ3v) is 5.63. The molecule has 0 fully saturated rings. The van der Waals surface area contributed by atoms with E-state index in [1.165, 1.54) is 13.1 Å². The number of nitrogens with one attached hydrogen (secondary N) is 1. The van der Waals surface area contributed by atoms with E-state index in [1.54, 1.807) is 36.0 Å². The number of hydrogen-bond donors (Lipinski definition) is 1. The number of benzene rings is 2. The van der Waals surface area contributed by atoms with Crippen LogP contribution in [0.25, 0.3) is 6.08 Å². The molecule has 0 unspecified atom stereocenters. The lowest BCUT2D eigenvalue weighted by Crippen LogP contribution is -2.33. The summed E-state index contributed by atoms with van der Waals surface area (Å²) in [5.74, 6) is -0.393. The fourth-order valence-corrected chi connectivity index (χ4v) is 3.24. The Balaban J connectivity index is 1.95. The van der Waals surface area contributed by atoms with Crippen molar-refractivity contribution in [3.63, 3.8) is 0 Å². The van der Waals surface area contributed by atoms with Gasteiger partial charge in [0.15, 0.2) is 0 Å². The summed E-state index contributed by atoms with van der Waals surface area (Å²) in [6.45, 7) is -0.258. The SMILES string of the molecule is CSc1ccc(NC(=O)CN(C)S(=O)(=O)/C=C/c2ccccc2)cc1. The van der Waals surface area contributed by atoms with Crippen LogP contribution in [-0.2, 0) is 14.8 Å². The van der Waals surface area contributed by atoms with E-state index in [1.807, 2.05) is 36.6 Å². The minimum Gasteiger partial charge on any atom is -0.325 e. The first kappa shape index (κ1) is 19.2. The number of anilines is 1. The van der Waals surface area contributed by atoms with Crippen LogP contribution in [0.1, 0.15) is 5.56 Å². The molecule has 5 nitrogen and oxygen atoms in total. The number of hydrogen-bond acceptors (Lipinski definition) is 4. The quantitative estimate of drug-likeness (QED) is 0.753. The highest BCUT2D eigenvalue weighted by Gasteiger charge is 2.17. The van der Waals surface area contributed by atoms with E-state index in [0.29, 0.717) is 5.69 Å². The minimum atomic E-state index is -3.67. The zero-order chi connectivity index (χ0) is 18.3. The molecule has 2 aromatic rings. The standard InChI is InChI=1S/C18H20N2O3S2/c1-20(25(22,23)13-12-15-6-4-3-5-7-15)14-18(21)19-16-8-10-17(24-2)11-9-16/h3-13H,14H2,1-2H3,(H,19,21)/b13-12+. The molecule has 0 heterocycles. The van der Waals surface area contributed by atoms with Crippen LogP contribution in [0.4, 0.5) is 5.69 Å². The van der Waals surface area contributed by atoms with Gasteiger partial charge in [0, 0.05) is 23.0 Å². The molecule has 2 rings (SSSR count).